The Hall–Kier alpha value is 0.470. The standard InChI is InChI=1S/C18H36O2.Na/c1-3-4-5-6-7-8-9-10-11-12-13-14-15-17(2)16-18(19)20;/h17H,3-16H2,1-2H3,(H,19,20);/q;+1/p-1. The molecular weight excluding hydrogens is 271 g/mol. The summed E-state index contributed by atoms with van der Waals surface area (Å²) < 4.78 is 0. The van der Waals surface area contributed by atoms with E-state index in [1.807, 2.05) is 6.92 Å². The van der Waals surface area contributed by atoms with Crippen LogP contribution in [0.2, 0.25) is 0 Å². The van der Waals surface area contributed by atoms with Crippen molar-refractivity contribution in [2.24, 2.45) is 5.92 Å². The minimum Gasteiger partial charge on any atom is -0.550 e. The van der Waals surface area contributed by atoms with Crippen molar-refractivity contribution >= 4 is 5.97 Å². The molecule has 0 N–H and O–H groups in total. The number of carboxylic acids is 1. The average molecular weight is 306 g/mol. The van der Waals surface area contributed by atoms with Gasteiger partial charge in [-0.3, -0.25) is 0 Å². The molecule has 0 aromatic carbocycles. The molecule has 0 bridgehead atoms. The van der Waals surface area contributed by atoms with Gasteiger partial charge in [0.15, 0.2) is 0 Å². The van der Waals surface area contributed by atoms with Gasteiger partial charge in [0.2, 0.25) is 0 Å². The van der Waals surface area contributed by atoms with Gasteiger partial charge in [-0.15, -0.1) is 0 Å². The molecule has 1 atom stereocenters. The van der Waals surface area contributed by atoms with E-state index in [2.05, 4.69) is 6.92 Å². The van der Waals surface area contributed by atoms with Crippen LogP contribution in [0, 0.1) is 5.92 Å². The molecule has 2 nitrogen and oxygen atoms in total. The first-order valence-corrected chi connectivity index (χ1v) is 8.86. The number of hydrogen-bond donors (Lipinski definition) is 0. The molecule has 0 amide bonds. The number of carbonyl (C=O) groups is 1. The van der Waals surface area contributed by atoms with Crippen molar-refractivity contribution in [3.63, 3.8) is 0 Å². The van der Waals surface area contributed by atoms with Crippen LogP contribution in [0.25, 0.3) is 0 Å². The summed E-state index contributed by atoms with van der Waals surface area (Å²) in [6.45, 7) is 4.27. The van der Waals surface area contributed by atoms with Crippen molar-refractivity contribution < 1.29 is 39.5 Å². The number of carbonyl (C=O) groups excluding carboxylic acids is 1. The third-order valence-electron chi connectivity index (χ3n) is 4.07. The van der Waals surface area contributed by atoms with Crippen molar-refractivity contribution in [2.75, 3.05) is 0 Å². The molecule has 0 aliphatic rings. The monoisotopic (exact) mass is 306 g/mol. The van der Waals surface area contributed by atoms with Gasteiger partial charge >= 0.3 is 29.6 Å². The van der Waals surface area contributed by atoms with E-state index in [1.165, 1.54) is 77.0 Å². The summed E-state index contributed by atoms with van der Waals surface area (Å²) in [6.07, 6.45) is 17.5. The SMILES string of the molecule is CCCCCCCCCCCCCCC(C)CC(=O)[O-].[Na+]. The summed E-state index contributed by atoms with van der Waals surface area (Å²) in [5, 5.41) is 10.4. The molecule has 0 aliphatic carbocycles. The van der Waals surface area contributed by atoms with Crippen molar-refractivity contribution in [3.05, 3.63) is 0 Å². The smallest absolute Gasteiger partial charge is 0.550 e. The van der Waals surface area contributed by atoms with E-state index in [1.54, 1.807) is 0 Å². The van der Waals surface area contributed by atoms with Gasteiger partial charge in [0.25, 0.3) is 0 Å². The molecule has 0 aliphatic heterocycles. The van der Waals surface area contributed by atoms with Crippen molar-refractivity contribution in [2.45, 2.75) is 104 Å². The fourth-order valence-corrected chi connectivity index (χ4v) is 2.72. The van der Waals surface area contributed by atoms with Gasteiger partial charge in [-0.2, -0.15) is 0 Å². The van der Waals surface area contributed by atoms with E-state index in [0.29, 0.717) is 0 Å². The van der Waals surface area contributed by atoms with Crippen LogP contribution in [0.1, 0.15) is 104 Å². The van der Waals surface area contributed by atoms with Crippen LogP contribution in [-0.4, -0.2) is 5.97 Å². The fraction of sp³-hybridized carbons (Fsp3) is 0.944. The molecule has 0 spiro atoms. The van der Waals surface area contributed by atoms with E-state index < -0.39 is 5.97 Å². The molecule has 0 fully saturated rings. The Kier molecular flexibility index (Phi) is 20.9. The van der Waals surface area contributed by atoms with Gasteiger partial charge in [-0.1, -0.05) is 97.3 Å². The number of rotatable bonds is 15. The summed E-state index contributed by atoms with van der Waals surface area (Å²) >= 11 is 0. The molecule has 120 valence electrons. The Labute approximate surface area is 154 Å². The number of aliphatic carboxylic acids is 1. The molecular formula is C18H35NaO2. The maximum Gasteiger partial charge on any atom is 1.00 e. The van der Waals surface area contributed by atoms with Gasteiger partial charge in [0, 0.05) is 5.97 Å². The predicted molar refractivity (Wildman–Crippen MR) is 84.5 cm³/mol. The number of hydrogen-bond acceptors (Lipinski definition) is 2. The second-order valence-electron chi connectivity index (χ2n) is 6.36. The molecule has 21 heavy (non-hydrogen) atoms. The summed E-state index contributed by atoms with van der Waals surface area (Å²) in [7, 11) is 0. The molecule has 0 heterocycles. The molecule has 0 aromatic rings. The van der Waals surface area contributed by atoms with Crippen molar-refractivity contribution in [3.8, 4) is 0 Å². The quantitative estimate of drug-likeness (QED) is 0.342. The molecule has 0 radical (unpaired) electrons. The van der Waals surface area contributed by atoms with E-state index in [9.17, 15) is 9.90 Å². The normalized spacial score (nSPS) is 11.9. The van der Waals surface area contributed by atoms with Crippen LogP contribution in [-0.2, 0) is 4.79 Å². The van der Waals surface area contributed by atoms with Gasteiger partial charge in [-0.25, -0.2) is 0 Å². The number of unbranched alkanes of at least 4 members (excludes halogenated alkanes) is 11. The summed E-state index contributed by atoms with van der Waals surface area (Å²) in [6, 6.07) is 0. The Morgan fingerprint density at radius 3 is 1.57 bits per heavy atom. The molecule has 3 heteroatoms. The topological polar surface area (TPSA) is 40.1 Å². The van der Waals surface area contributed by atoms with Gasteiger partial charge in [0.1, 0.15) is 0 Å². The Bertz CT molecular complexity index is 219. The summed E-state index contributed by atoms with van der Waals surface area (Å²) in [4.78, 5) is 10.4. The van der Waals surface area contributed by atoms with E-state index in [-0.39, 0.29) is 41.9 Å². The number of carboxylic acid groups (broad SMARTS) is 1. The zero-order chi connectivity index (χ0) is 15.1. The zero-order valence-electron chi connectivity index (χ0n) is 14.8. The molecule has 0 rings (SSSR count). The van der Waals surface area contributed by atoms with Crippen LogP contribution in [0.5, 0.6) is 0 Å². The first-order chi connectivity index (χ1) is 9.66. The van der Waals surface area contributed by atoms with Crippen LogP contribution in [0.15, 0.2) is 0 Å². The molecule has 0 saturated heterocycles. The fourth-order valence-electron chi connectivity index (χ4n) is 2.72. The van der Waals surface area contributed by atoms with E-state index in [0.717, 1.165) is 6.42 Å². The summed E-state index contributed by atoms with van der Waals surface area (Å²) in [5.74, 6) is -0.625. The molecule has 0 aromatic heterocycles. The van der Waals surface area contributed by atoms with Crippen molar-refractivity contribution in [1.82, 2.24) is 0 Å². The third-order valence-corrected chi connectivity index (χ3v) is 4.07. The summed E-state index contributed by atoms with van der Waals surface area (Å²) in [5.41, 5.74) is 0. The van der Waals surface area contributed by atoms with Crippen LogP contribution < -0.4 is 34.7 Å². The van der Waals surface area contributed by atoms with Crippen LogP contribution in [0.3, 0.4) is 0 Å². The minimum absolute atomic E-state index is 0. The maximum atomic E-state index is 10.4. The van der Waals surface area contributed by atoms with Crippen molar-refractivity contribution in [1.29, 1.82) is 0 Å². The Morgan fingerprint density at radius 1 is 0.810 bits per heavy atom. The minimum atomic E-state index is -0.906. The predicted octanol–water partition coefficient (Wildman–Crippen LogP) is 1.86. The molecule has 1 unspecified atom stereocenters. The van der Waals surface area contributed by atoms with E-state index >= 15 is 0 Å². The second kappa shape index (κ2) is 18.5. The van der Waals surface area contributed by atoms with Gasteiger partial charge < -0.3 is 9.90 Å². The Morgan fingerprint density at radius 2 is 1.19 bits per heavy atom. The first-order valence-electron chi connectivity index (χ1n) is 8.86. The van der Waals surface area contributed by atoms with Crippen LogP contribution in [0.4, 0.5) is 0 Å². The van der Waals surface area contributed by atoms with E-state index in [4.69, 9.17) is 0 Å². The van der Waals surface area contributed by atoms with Gasteiger partial charge in [-0.05, 0) is 12.3 Å². The third kappa shape index (κ3) is 20.5. The average Bonchev–Trinajstić information content (AvgIpc) is 2.39. The Balaban J connectivity index is 0. The first kappa shape index (κ1) is 23.7. The second-order valence-corrected chi connectivity index (χ2v) is 6.36. The van der Waals surface area contributed by atoms with Crippen LogP contribution >= 0.6 is 0 Å². The largest absolute Gasteiger partial charge is 1.00 e. The van der Waals surface area contributed by atoms with Gasteiger partial charge in [0.05, 0.1) is 0 Å². The maximum absolute atomic E-state index is 10.4. The zero-order valence-corrected chi connectivity index (χ0v) is 16.8. The molecule has 0 saturated carbocycles.